The number of halogens is 1. The zero-order chi connectivity index (χ0) is 25.1. The smallest absolute Gasteiger partial charge is 0.307 e. The van der Waals surface area contributed by atoms with Gasteiger partial charge in [-0.1, -0.05) is 54.1 Å². The molecule has 0 fully saturated rings. The van der Waals surface area contributed by atoms with Gasteiger partial charge in [0.15, 0.2) is 5.76 Å². The second kappa shape index (κ2) is 9.89. The number of hydrogen-bond donors (Lipinski definition) is 1. The topological polar surface area (TPSA) is 107 Å². The number of hydrogen-bond acceptors (Lipinski definition) is 6. The van der Waals surface area contributed by atoms with Crippen LogP contribution in [0.15, 0.2) is 94.4 Å². The molecule has 178 valence electrons. The third-order valence-corrected chi connectivity index (χ3v) is 5.78. The largest absolute Gasteiger partial charge is 0.488 e. The highest BCUT2D eigenvalue weighted by Crippen LogP contribution is 2.28. The Morgan fingerprint density at radius 1 is 1.03 bits per heavy atom. The van der Waals surface area contributed by atoms with Gasteiger partial charge in [0.05, 0.1) is 11.1 Å². The molecule has 0 spiro atoms. The number of rotatable bonds is 7. The van der Waals surface area contributed by atoms with E-state index in [1.54, 1.807) is 12.1 Å². The maximum atomic E-state index is 12.6. The molecule has 5 rings (SSSR count). The van der Waals surface area contributed by atoms with Crippen LogP contribution in [0.25, 0.3) is 21.7 Å². The summed E-state index contributed by atoms with van der Waals surface area (Å²) < 4.78 is 11.6. The van der Waals surface area contributed by atoms with Crippen LogP contribution in [0.4, 0.5) is 5.69 Å². The molecule has 0 aliphatic heterocycles. The summed E-state index contributed by atoms with van der Waals surface area (Å²) in [6, 6.07) is 24.5. The van der Waals surface area contributed by atoms with Crippen molar-refractivity contribution in [3.8, 4) is 5.75 Å². The molecule has 1 amide bonds. The Hall–Kier alpha value is -4.69. The molecular weight excluding hydrogens is 482 g/mol. The summed E-state index contributed by atoms with van der Waals surface area (Å²) in [7, 11) is 0. The van der Waals surface area contributed by atoms with Gasteiger partial charge in [0, 0.05) is 28.1 Å². The molecule has 4 aromatic carbocycles. The van der Waals surface area contributed by atoms with E-state index < -0.39 is 10.8 Å². The molecule has 9 heteroatoms. The summed E-state index contributed by atoms with van der Waals surface area (Å²) in [6.07, 6.45) is 1.52. The normalized spacial score (nSPS) is 11.2. The minimum Gasteiger partial charge on any atom is -0.488 e. The van der Waals surface area contributed by atoms with E-state index in [9.17, 15) is 14.9 Å². The van der Waals surface area contributed by atoms with Gasteiger partial charge in [-0.25, -0.2) is 5.43 Å². The molecule has 0 bridgehead atoms. The van der Waals surface area contributed by atoms with Crippen LogP contribution >= 0.6 is 11.6 Å². The van der Waals surface area contributed by atoms with E-state index in [1.807, 2.05) is 48.5 Å². The summed E-state index contributed by atoms with van der Waals surface area (Å²) in [6.45, 7) is 0.327. The fraction of sp³-hybridized carbons (Fsp3) is 0.0370. The number of nitrogens with zero attached hydrogens (tertiary/aromatic N) is 2. The molecule has 0 aliphatic carbocycles. The minimum absolute atomic E-state index is 0.0141. The molecular formula is C27H18ClN3O5. The molecule has 0 atom stereocenters. The van der Waals surface area contributed by atoms with Gasteiger partial charge in [0.1, 0.15) is 17.9 Å². The molecule has 1 heterocycles. The number of ether oxygens (including phenoxy) is 1. The second-order valence-electron chi connectivity index (χ2n) is 7.90. The summed E-state index contributed by atoms with van der Waals surface area (Å²) in [4.78, 5) is 23.1. The van der Waals surface area contributed by atoms with Crippen LogP contribution in [-0.2, 0) is 6.61 Å². The monoisotopic (exact) mass is 499 g/mol. The highest BCUT2D eigenvalue weighted by atomic mass is 35.5. The predicted octanol–water partition coefficient (Wildman–Crippen LogP) is 6.49. The fourth-order valence-corrected chi connectivity index (χ4v) is 3.87. The Morgan fingerprint density at radius 2 is 1.83 bits per heavy atom. The van der Waals surface area contributed by atoms with E-state index >= 15 is 0 Å². The van der Waals surface area contributed by atoms with E-state index in [-0.39, 0.29) is 11.4 Å². The number of amides is 1. The molecule has 1 aromatic heterocycles. The van der Waals surface area contributed by atoms with Crippen molar-refractivity contribution in [3.63, 3.8) is 0 Å². The SMILES string of the molecule is O=C(N/N=C\c1c(OCc2ccc(Cl)cc2)ccc2ccccc12)c1cc2cc([N+](=O)[O-])ccc2o1. The number of hydrazone groups is 1. The van der Waals surface area contributed by atoms with Gasteiger partial charge in [-0.2, -0.15) is 5.10 Å². The van der Waals surface area contributed by atoms with Gasteiger partial charge in [-0.05, 0) is 46.7 Å². The summed E-state index contributed by atoms with van der Waals surface area (Å²) in [5.41, 5.74) is 4.37. The highest BCUT2D eigenvalue weighted by Gasteiger charge is 2.15. The number of fused-ring (bicyclic) bond motifs is 2. The first-order valence-electron chi connectivity index (χ1n) is 10.9. The Bertz CT molecular complexity index is 1630. The number of benzene rings is 4. The summed E-state index contributed by atoms with van der Waals surface area (Å²) >= 11 is 5.96. The van der Waals surface area contributed by atoms with Gasteiger partial charge < -0.3 is 9.15 Å². The lowest BCUT2D eigenvalue weighted by Crippen LogP contribution is -2.16. The Kier molecular flexibility index (Phi) is 6.34. The lowest BCUT2D eigenvalue weighted by Gasteiger charge is -2.12. The van der Waals surface area contributed by atoms with Gasteiger partial charge >= 0.3 is 5.91 Å². The maximum absolute atomic E-state index is 12.6. The quantitative estimate of drug-likeness (QED) is 0.156. The van der Waals surface area contributed by atoms with Crippen LogP contribution in [0, 0.1) is 10.1 Å². The lowest BCUT2D eigenvalue weighted by atomic mass is 10.0. The number of carbonyl (C=O) groups is 1. The number of nitrogens with one attached hydrogen (secondary N) is 1. The molecule has 0 aliphatic rings. The van der Waals surface area contributed by atoms with Crippen molar-refractivity contribution in [1.29, 1.82) is 0 Å². The molecule has 0 saturated carbocycles. The second-order valence-corrected chi connectivity index (χ2v) is 8.34. The van der Waals surface area contributed by atoms with Crippen LogP contribution in [-0.4, -0.2) is 17.0 Å². The number of non-ortho nitro benzene ring substituents is 1. The Labute approximate surface area is 209 Å². The average molecular weight is 500 g/mol. The van der Waals surface area contributed by atoms with Gasteiger partial charge in [0.2, 0.25) is 0 Å². The van der Waals surface area contributed by atoms with E-state index in [2.05, 4.69) is 10.5 Å². The third kappa shape index (κ3) is 4.89. The highest BCUT2D eigenvalue weighted by molar-refractivity contribution is 6.30. The van der Waals surface area contributed by atoms with Crippen LogP contribution < -0.4 is 10.2 Å². The van der Waals surface area contributed by atoms with Crippen molar-refractivity contribution >= 4 is 51.2 Å². The standard InChI is InChI=1S/C27H18ClN3O5/c28-20-8-5-17(6-9-20)16-35-25-11-7-18-3-1-2-4-22(18)23(25)15-29-30-27(32)26-14-19-13-21(31(33)34)10-12-24(19)36-26/h1-15H,16H2,(H,30,32)/b29-15-. The van der Waals surface area contributed by atoms with Crippen LogP contribution in [0.5, 0.6) is 5.75 Å². The summed E-state index contributed by atoms with van der Waals surface area (Å²) in [5.74, 6) is -0.00792. The van der Waals surface area contributed by atoms with Crippen LogP contribution in [0.2, 0.25) is 5.02 Å². The van der Waals surface area contributed by atoms with Gasteiger partial charge in [-0.3, -0.25) is 14.9 Å². The van der Waals surface area contributed by atoms with Crippen molar-refractivity contribution in [3.05, 3.63) is 117 Å². The van der Waals surface area contributed by atoms with Crippen LogP contribution in [0.1, 0.15) is 21.7 Å². The van der Waals surface area contributed by atoms with Crippen LogP contribution in [0.3, 0.4) is 0 Å². The van der Waals surface area contributed by atoms with Gasteiger partial charge in [-0.15, -0.1) is 0 Å². The Balaban J connectivity index is 1.38. The van der Waals surface area contributed by atoms with Crippen molar-refractivity contribution in [2.45, 2.75) is 6.61 Å². The van der Waals surface area contributed by atoms with Crippen molar-refractivity contribution in [2.75, 3.05) is 0 Å². The maximum Gasteiger partial charge on any atom is 0.307 e. The van der Waals surface area contributed by atoms with E-state index in [4.69, 9.17) is 20.8 Å². The third-order valence-electron chi connectivity index (χ3n) is 5.53. The Morgan fingerprint density at radius 3 is 2.64 bits per heavy atom. The number of furan rings is 1. The van der Waals surface area contributed by atoms with Crippen molar-refractivity contribution < 1.29 is 18.9 Å². The lowest BCUT2D eigenvalue weighted by molar-refractivity contribution is -0.384. The molecule has 36 heavy (non-hydrogen) atoms. The number of carbonyl (C=O) groups excluding carboxylic acids is 1. The van der Waals surface area contributed by atoms with Gasteiger partial charge in [0.25, 0.3) is 5.69 Å². The zero-order valence-electron chi connectivity index (χ0n) is 18.7. The minimum atomic E-state index is -0.589. The number of nitro groups is 1. The molecule has 0 unspecified atom stereocenters. The van der Waals surface area contributed by atoms with E-state index in [0.29, 0.717) is 33.9 Å². The first-order valence-corrected chi connectivity index (χ1v) is 11.3. The zero-order valence-corrected chi connectivity index (χ0v) is 19.4. The van der Waals surface area contributed by atoms with E-state index in [1.165, 1.54) is 30.5 Å². The molecule has 1 N–H and O–H groups in total. The molecule has 5 aromatic rings. The molecule has 0 radical (unpaired) electrons. The summed E-state index contributed by atoms with van der Waals surface area (Å²) in [5, 5.41) is 18.1. The van der Waals surface area contributed by atoms with Crippen molar-refractivity contribution in [2.24, 2.45) is 5.10 Å². The number of nitro benzene ring substituents is 1. The first kappa shape index (κ1) is 23.1. The van der Waals surface area contributed by atoms with Crippen molar-refractivity contribution in [1.82, 2.24) is 5.43 Å². The fourth-order valence-electron chi connectivity index (χ4n) is 3.74. The van der Waals surface area contributed by atoms with E-state index in [0.717, 1.165) is 16.3 Å². The first-order chi connectivity index (χ1) is 17.5. The predicted molar refractivity (Wildman–Crippen MR) is 138 cm³/mol. The molecule has 8 nitrogen and oxygen atoms in total. The molecule has 0 saturated heterocycles. The average Bonchev–Trinajstić information content (AvgIpc) is 3.32.